The van der Waals surface area contributed by atoms with Crippen LogP contribution in [0.4, 0.5) is 14.6 Å². The van der Waals surface area contributed by atoms with Gasteiger partial charge in [0.1, 0.15) is 34.9 Å². The zero-order valence-electron chi connectivity index (χ0n) is 14.5. The van der Waals surface area contributed by atoms with Gasteiger partial charge in [0.25, 0.3) is 0 Å². The van der Waals surface area contributed by atoms with Crippen molar-refractivity contribution in [3.63, 3.8) is 0 Å². The van der Waals surface area contributed by atoms with Crippen molar-refractivity contribution in [3.05, 3.63) is 65.9 Å². The van der Waals surface area contributed by atoms with Crippen LogP contribution in [0.2, 0.25) is 0 Å². The molecule has 0 spiro atoms. The molecule has 27 heavy (non-hydrogen) atoms. The number of rotatable bonds is 4. The maximum Gasteiger partial charge on any atom is 0.158 e. The highest BCUT2D eigenvalue weighted by Gasteiger charge is 2.18. The van der Waals surface area contributed by atoms with E-state index >= 15 is 0 Å². The number of benzene rings is 1. The lowest BCUT2D eigenvalue weighted by atomic mass is 10.2. The molecule has 8 heteroatoms. The number of nitrogens with two attached hydrogens (primary N) is 1. The van der Waals surface area contributed by atoms with Crippen molar-refractivity contribution >= 4 is 16.9 Å². The minimum absolute atomic E-state index is 0.0168. The van der Waals surface area contributed by atoms with E-state index in [9.17, 15) is 8.78 Å². The Morgan fingerprint density at radius 1 is 1.15 bits per heavy atom. The van der Waals surface area contributed by atoms with Crippen molar-refractivity contribution in [1.29, 1.82) is 0 Å². The van der Waals surface area contributed by atoms with Crippen LogP contribution in [0, 0.1) is 5.82 Å². The van der Waals surface area contributed by atoms with Crippen LogP contribution in [-0.2, 0) is 6.54 Å². The number of anilines is 1. The molecule has 2 N–H and O–H groups in total. The van der Waals surface area contributed by atoms with Gasteiger partial charge in [-0.3, -0.25) is 4.98 Å². The summed E-state index contributed by atoms with van der Waals surface area (Å²) in [6.07, 6.45) is 1.76. The summed E-state index contributed by atoms with van der Waals surface area (Å²) in [6.45, 7) is 1.56. The SMILES string of the molecule is CC(F)c1ncc(-c2nn(Cc3ccccc3F)c3ncccc23)nc1N. The van der Waals surface area contributed by atoms with Crippen LogP contribution < -0.4 is 5.73 Å². The molecule has 4 aromatic rings. The smallest absolute Gasteiger partial charge is 0.158 e. The monoisotopic (exact) mass is 366 g/mol. The lowest BCUT2D eigenvalue weighted by molar-refractivity contribution is 0.366. The minimum Gasteiger partial charge on any atom is -0.382 e. The number of aromatic nitrogens is 5. The second-order valence-electron chi connectivity index (χ2n) is 6.11. The van der Waals surface area contributed by atoms with Crippen LogP contribution >= 0.6 is 0 Å². The molecule has 6 nitrogen and oxygen atoms in total. The zero-order valence-corrected chi connectivity index (χ0v) is 14.5. The first-order chi connectivity index (χ1) is 13.0. The Bertz CT molecular complexity index is 1120. The van der Waals surface area contributed by atoms with Gasteiger partial charge in [0.05, 0.1) is 12.7 Å². The summed E-state index contributed by atoms with van der Waals surface area (Å²) < 4.78 is 29.2. The molecule has 4 rings (SSSR count). The standard InChI is InChI=1S/C19H16F2N6/c1-11(20)16-18(22)25-15(9-24-16)17-13-6-4-8-23-19(13)27(26-17)10-12-5-2-3-7-14(12)21/h2-9,11H,10H2,1H3,(H2,22,25). The first-order valence-corrected chi connectivity index (χ1v) is 8.36. The van der Waals surface area contributed by atoms with E-state index in [2.05, 4.69) is 20.1 Å². The van der Waals surface area contributed by atoms with Gasteiger partial charge in [-0.05, 0) is 25.1 Å². The van der Waals surface area contributed by atoms with Gasteiger partial charge in [0.15, 0.2) is 5.65 Å². The highest BCUT2D eigenvalue weighted by molar-refractivity contribution is 5.90. The Morgan fingerprint density at radius 2 is 1.96 bits per heavy atom. The lowest BCUT2D eigenvalue weighted by Gasteiger charge is -2.06. The normalized spacial score (nSPS) is 12.4. The molecule has 0 bridgehead atoms. The van der Waals surface area contributed by atoms with Gasteiger partial charge >= 0.3 is 0 Å². The van der Waals surface area contributed by atoms with Gasteiger partial charge in [-0.2, -0.15) is 5.10 Å². The zero-order chi connectivity index (χ0) is 19.0. The summed E-state index contributed by atoms with van der Waals surface area (Å²) in [7, 11) is 0. The van der Waals surface area contributed by atoms with Crippen LogP contribution in [0.3, 0.4) is 0 Å². The summed E-state index contributed by atoms with van der Waals surface area (Å²) in [6, 6.07) is 10.1. The average Bonchev–Trinajstić information content (AvgIpc) is 3.02. The number of alkyl halides is 1. The molecule has 3 aromatic heterocycles. The molecule has 0 aliphatic heterocycles. The maximum absolute atomic E-state index is 14.0. The Hall–Kier alpha value is -3.42. The van der Waals surface area contributed by atoms with Crippen LogP contribution in [-0.4, -0.2) is 24.7 Å². The van der Waals surface area contributed by atoms with Gasteiger partial charge in [-0.25, -0.2) is 23.4 Å². The highest BCUT2D eigenvalue weighted by atomic mass is 19.1. The molecule has 0 saturated carbocycles. The van der Waals surface area contributed by atoms with E-state index in [4.69, 9.17) is 5.73 Å². The quantitative estimate of drug-likeness (QED) is 0.596. The van der Waals surface area contributed by atoms with Crippen LogP contribution in [0.25, 0.3) is 22.4 Å². The molecule has 0 amide bonds. The fourth-order valence-corrected chi connectivity index (χ4v) is 2.93. The van der Waals surface area contributed by atoms with E-state index in [0.29, 0.717) is 22.6 Å². The van der Waals surface area contributed by atoms with E-state index in [1.165, 1.54) is 19.2 Å². The number of fused-ring (bicyclic) bond motifs is 1. The number of pyridine rings is 1. The molecule has 0 aliphatic rings. The van der Waals surface area contributed by atoms with E-state index in [-0.39, 0.29) is 23.9 Å². The summed E-state index contributed by atoms with van der Waals surface area (Å²) >= 11 is 0. The Morgan fingerprint density at radius 3 is 2.70 bits per heavy atom. The average molecular weight is 366 g/mol. The summed E-state index contributed by atoms with van der Waals surface area (Å²) in [5.74, 6) is -0.299. The van der Waals surface area contributed by atoms with Crippen LogP contribution in [0.5, 0.6) is 0 Å². The molecule has 0 saturated heterocycles. The maximum atomic E-state index is 14.0. The number of nitrogen functional groups attached to an aromatic ring is 1. The molecule has 1 atom stereocenters. The first kappa shape index (κ1) is 17.0. The third-order valence-corrected chi connectivity index (χ3v) is 4.23. The van der Waals surface area contributed by atoms with E-state index in [0.717, 1.165) is 5.39 Å². The second kappa shape index (κ2) is 6.71. The Kier molecular flexibility index (Phi) is 4.23. The van der Waals surface area contributed by atoms with Crippen LogP contribution in [0.1, 0.15) is 24.4 Å². The van der Waals surface area contributed by atoms with Gasteiger partial charge < -0.3 is 5.73 Å². The molecule has 0 fully saturated rings. The summed E-state index contributed by atoms with van der Waals surface area (Å²) in [5, 5.41) is 5.27. The van der Waals surface area contributed by atoms with Crippen molar-refractivity contribution in [3.8, 4) is 11.4 Å². The molecule has 0 aliphatic carbocycles. The third-order valence-electron chi connectivity index (χ3n) is 4.23. The molecular weight excluding hydrogens is 350 g/mol. The van der Waals surface area contributed by atoms with E-state index in [1.54, 1.807) is 35.1 Å². The fourth-order valence-electron chi connectivity index (χ4n) is 2.93. The molecular formula is C19H16F2N6. The Labute approximate surface area is 153 Å². The third kappa shape index (κ3) is 3.10. The van der Waals surface area contributed by atoms with Crippen molar-refractivity contribution in [1.82, 2.24) is 24.7 Å². The summed E-state index contributed by atoms with van der Waals surface area (Å²) in [4.78, 5) is 12.7. The van der Waals surface area contributed by atoms with Gasteiger partial charge in [-0.15, -0.1) is 0 Å². The highest BCUT2D eigenvalue weighted by Crippen LogP contribution is 2.28. The van der Waals surface area contributed by atoms with Crippen molar-refractivity contribution < 1.29 is 8.78 Å². The predicted octanol–water partition coefficient (Wildman–Crippen LogP) is 3.69. The number of hydrogen-bond donors (Lipinski definition) is 1. The fraction of sp³-hybridized carbons (Fsp3) is 0.158. The minimum atomic E-state index is -1.32. The topological polar surface area (TPSA) is 82.5 Å². The number of nitrogens with zero attached hydrogens (tertiary/aromatic N) is 5. The second-order valence-corrected chi connectivity index (χ2v) is 6.11. The largest absolute Gasteiger partial charge is 0.382 e. The van der Waals surface area contributed by atoms with Crippen molar-refractivity contribution in [2.24, 2.45) is 0 Å². The van der Waals surface area contributed by atoms with Crippen molar-refractivity contribution in [2.45, 2.75) is 19.6 Å². The van der Waals surface area contributed by atoms with Gasteiger partial charge in [0.2, 0.25) is 0 Å². The van der Waals surface area contributed by atoms with Crippen molar-refractivity contribution in [2.75, 3.05) is 5.73 Å². The molecule has 1 aromatic carbocycles. The first-order valence-electron chi connectivity index (χ1n) is 8.36. The van der Waals surface area contributed by atoms with E-state index in [1.807, 2.05) is 6.07 Å². The molecule has 136 valence electrons. The predicted molar refractivity (Wildman–Crippen MR) is 98.0 cm³/mol. The molecule has 1 unspecified atom stereocenters. The van der Waals surface area contributed by atoms with Gasteiger partial charge in [0, 0.05) is 17.1 Å². The van der Waals surface area contributed by atoms with E-state index < -0.39 is 6.17 Å². The lowest BCUT2D eigenvalue weighted by Crippen LogP contribution is -2.05. The summed E-state index contributed by atoms with van der Waals surface area (Å²) in [5.41, 5.74) is 7.92. The Balaban J connectivity index is 1.83. The number of halogens is 2. The van der Waals surface area contributed by atoms with Crippen LogP contribution in [0.15, 0.2) is 48.8 Å². The van der Waals surface area contributed by atoms with Gasteiger partial charge in [-0.1, -0.05) is 18.2 Å². The molecule has 3 heterocycles. The number of hydrogen-bond acceptors (Lipinski definition) is 5. The molecule has 0 radical (unpaired) electrons.